The van der Waals surface area contributed by atoms with Crippen LogP contribution in [0.5, 0.6) is 5.75 Å². The van der Waals surface area contributed by atoms with Gasteiger partial charge in [-0.25, -0.2) is 14.8 Å². The van der Waals surface area contributed by atoms with E-state index >= 15 is 0 Å². The molecule has 5 aromatic rings. The van der Waals surface area contributed by atoms with E-state index in [9.17, 15) is 24.6 Å². The first-order chi connectivity index (χ1) is 22.1. The first kappa shape index (κ1) is 31.0. The third kappa shape index (κ3) is 7.18. The molecule has 0 fully saturated rings. The van der Waals surface area contributed by atoms with Crippen LogP contribution in [0.3, 0.4) is 0 Å². The maximum absolute atomic E-state index is 12.8. The van der Waals surface area contributed by atoms with Gasteiger partial charge in [0.25, 0.3) is 11.8 Å². The molecular weight excluding hydrogens is 598 g/mol. The molecule has 0 saturated carbocycles. The van der Waals surface area contributed by atoms with Gasteiger partial charge < -0.3 is 37.6 Å². The number of carboxylic acids is 1. The maximum atomic E-state index is 12.8. The van der Waals surface area contributed by atoms with E-state index < -0.39 is 23.8 Å². The number of hydrogen-bond donors (Lipinski definition) is 8. The molecule has 3 aromatic heterocycles. The lowest BCUT2D eigenvalue weighted by molar-refractivity contribution is -0.139. The fourth-order valence-corrected chi connectivity index (χ4v) is 4.50. The summed E-state index contributed by atoms with van der Waals surface area (Å²) in [5.41, 5.74) is 14.5. The fraction of sp³-hybridized carbons (Fsp3) is 0.214. The summed E-state index contributed by atoms with van der Waals surface area (Å²) in [4.78, 5) is 53.9. The van der Waals surface area contributed by atoms with Crippen molar-refractivity contribution in [1.82, 2.24) is 51.2 Å². The van der Waals surface area contributed by atoms with E-state index in [-0.39, 0.29) is 66.0 Å². The first-order valence-electron chi connectivity index (χ1n) is 13.9. The van der Waals surface area contributed by atoms with Crippen LogP contribution in [0.2, 0.25) is 0 Å². The number of rotatable bonds is 12. The average molecular weight is 628 g/mol. The molecule has 2 aromatic carbocycles. The van der Waals surface area contributed by atoms with Gasteiger partial charge in [-0.05, 0) is 55.3 Å². The van der Waals surface area contributed by atoms with Crippen molar-refractivity contribution in [3.63, 3.8) is 0 Å². The average Bonchev–Trinajstić information content (AvgIpc) is 3.57. The van der Waals surface area contributed by atoms with Gasteiger partial charge in [0.15, 0.2) is 17.0 Å². The summed E-state index contributed by atoms with van der Waals surface area (Å²) in [6.07, 6.45) is 1.75. The highest BCUT2D eigenvalue weighted by Gasteiger charge is 2.22. The summed E-state index contributed by atoms with van der Waals surface area (Å²) < 4.78 is 0. The van der Waals surface area contributed by atoms with Gasteiger partial charge in [-0.15, -0.1) is 10.2 Å². The number of phenols is 1. The Bertz CT molecular complexity index is 1920. The van der Waals surface area contributed by atoms with Crippen LogP contribution in [0, 0.1) is 6.92 Å². The first-order valence-corrected chi connectivity index (χ1v) is 13.9. The Kier molecular flexibility index (Phi) is 9.06. The van der Waals surface area contributed by atoms with E-state index in [1.54, 1.807) is 18.2 Å². The highest BCUT2D eigenvalue weighted by Crippen LogP contribution is 2.25. The zero-order valence-electron chi connectivity index (χ0n) is 24.4. The molecule has 0 bridgehead atoms. The zero-order valence-corrected chi connectivity index (χ0v) is 24.4. The van der Waals surface area contributed by atoms with Gasteiger partial charge in [-0.2, -0.15) is 15.2 Å². The van der Waals surface area contributed by atoms with Crippen LogP contribution < -0.4 is 27.4 Å². The van der Waals surface area contributed by atoms with Crippen LogP contribution in [-0.4, -0.2) is 81.1 Å². The third-order valence-electron chi connectivity index (χ3n) is 6.79. The number of nitrogens with zero attached hydrogens (tertiary/aromatic N) is 7. The standard InChI is InChI=1S/C28H29N13O5/c1-13-4-6-16(17(9-13)23-38-40-41-39-23)26(44)31-8-2-3-19(27(45)46)35-25(43)14-5-7-18(20(42)10-14)32-11-15-12-33-24-21(34-15)22(29)36-28(30)37-24/h4-7,9-10,12,19,32,42H,2-3,8,11H2,1H3,(H,31,44)(H,35,43)(H,45,46)(H,38,39,40,41)(H4,29,30,33,36,37)/t19-/m0/s1. The molecule has 0 unspecified atom stereocenters. The Balaban J connectivity index is 1.14. The number of aromatic nitrogens is 8. The Morgan fingerprint density at radius 3 is 2.61 bits per heavy atom. The van der Waals surface area contributed by atoms with Crippen molar-refractivity contribution in [3.8, 4) is 17.1 Å². The smallest absolute Gasteiger partial charge is 0.326 e. The van der Waals surface area contributed by atoms with E-state index in [1.165, 1.54) is 24.4 Å². The lowest BCUT2D eigenvalue weighted by atomic mass is 10.0. The zero-order chi connectivity index (χ0) is 32.8. The summed E-state index contributed by atoms with van der Waals surface area (Å²) in [6.45, 7) is 2.16. The van der Waals surface area contributed by atoms with Gasteiger partial charge in [-0.3, -0.25) is 9.59 Å². The van der Waals surface area contributed by atoms with Crippen molar-refractivity contribution in [1.29, 1.82) is 0 Å². The van der Waals surface area contributed by atoms with Gasteiger partial charge in [0.2, 0.25) is 11.8 Å². The van der Waals surface area contributed by atoms with Crippen LogP contribution >= 0.6 is 0 Å². The second kappa shape index (κ2) is 13.5. The largest absolute Gasteiger partial charge is 0.506 e. The number of hydrogen-bond acceptors (Lipinski definition) is 14. The highest BCUT2D eigenvalue weighted by molar-refractivity contribution is 6.00. The quantitative estimate of drug-likeness (QED) is 0.0700. The molecule has 1 atom stereocenters. The van der Waals surface area contributed by atoms with Crippen molar-refractivity contribution < 1.29 is 24.6 Å². The number of carboxylic acid groups (broad SMARTS) is 1. The number of phenolic OH excluding ortho intramolecular Hbond substituents is 1. The summed E-state index contributed by atoms with van der Waals surface area (Å²) >= 11 is 0. The lowest BCUT2D eigenvalue weighted by Crippen LogP contribution is -2.41. The number of fused-ring (bicyclic) bond motifs is 1. The predicted octanol–water partition coefficient (Wildman–Crippen LogP) is 0.784. The second-order valence-electron chi connectivity index (χ2n) is 10.1. The Labute approximate surface area is 260 Å². The number of nitrogen functional groups attached to an aromatic ring is 2. The number of carbonyl (C=O) groups excluding carboxylic acids is 2. The summed E-state index contributed by atoms with van der Waals surface area (Å²) in [5.74, 6) is -2.25. The lowest BCUT2D eigenvalue weighted by Gasteiger charge is -2.16. The Morgan fingerprint density at radius 1 is 1.04 bits per heavy atom. The minimum Gasteiger partial charge on any atom is -0.506 e. The molecule has 3 heterocycles. The van der Waals surface area contributed by atoms with Crippen LogP contribution in [0.4, 0.5) is 17.5 Å². The van der Waals surface area contributed by atoms with E-state index in [2.05, 4.69) is 56.5 Å². The molecule has 0 spiro atoms. The second-order valence-corrected chi connectivity index (χ2v) is 10.1. The number of H-pyrrole nitrogens is 1. The Hall–Kier alpha value is -6.46. The number of aromatic amines is 1. The normalized spacial score (nSPS) is 11.6. The number of tetrazole rings is 1. The van der Waals surface area contributed by atoms with Gasteiger partial charge in [0, 0.05) is 17.7 Å². The van der Waals surface area contributed by atoms with Crippen molar-refractivity contribution in [2.24, 2.45) is 0 Å². The van der Waals surface area contributed by atoms with Crippen LogP contribution in [0.1, 0.15) is 44.8 Å². The van der Waals surface area contributed by atoms with Crippen LogP contribution in [0.15, 0.2) is 42.6 Å². The van der Waals surface area contributed by atoms with E-state index in [0.717, 1.165) is 5.56 Å². The number of carbonyl (C=O) groups is 3. The molecule has 0 aliphatic carbocycles. The molecule has 0 saturated heterocycles. The van der Waals surface area contributed by atoms with Gasteiger partial charge in [0.1, 0.15) is 11.8 Å². The molecule has 5 rings (SSSR count). The highest BCUT2D eigenvalue weighted by atomic mass is 16.4. The summed E-state index contributed by atoms with van der Waals surface area (Å²) in [6, 6.07) is 8.05. The number of nitrogens with one attached hydrogen (secondary N) is 4. The van der Waals surface area contributed by atoms with Crippen molar-refractivity contribution in [2.45, 2.75) is 32.4 Å². The van der Waals surface area contributed by atoms with Crippen LogP contribution in [-0.2, 0) is 11.3 Å². The van der Waals surface area contributed by atoms with Gasteiger partial charge in [0.05, 0.1) is 29.7 Å². The molecule has 2 amide bonds. The van der Waals surface area contributed by atoms with Crippen molar-refractivity contribution in [3.05, 3.63) is 65.0 Å². The van der Waals surface area contributed by atoms with E-state index in [1.807, 2.05) is 6.92 Å². The number of benzene rings is 2. The summed E-state index contributed by atoms with van der Waals surface area (Å²) in [5, 5.41) is 42.2. The molecule has 18 nitrogen and oxygen atoms in total. The van der Waals surface area contributed by atoms with E-state index in [0.29, 0.717) is 22.5 Å². The molecule has 0 aliphatic rings. The number of aliphatic carboxylic acids is 1. The molecule has 46 heavy (non-hydrogen) atoms. The number of amides is 2. The number of nitrogens with two attached hydrogens (primary N) is 2. The topological polar surface area (TPSA) is 286 Å². The minimum atomic E-state index is -1.25. The number of anilines is 3. The number of aromatic hydroxyl groups is 1. The Morgan fingerprint density at radius 2 is 1.87 bits per heavy atom. The molecule has 10 N–H and O–H groups in total. The van der Waals surface area contributed by atoms with E-state index in [4.69, 9.17) is 11.5 Å². The molecule has 18 heteroatoms. The third-order valence-corrected chi connectivity index (χ3v) is 6.79. The van der Waals surface area contributed by atoms with Gasteiger partial charge >= 0.3 is 5.97 Å². The van der Waals surface area contributed by atoms with Crippen LogP contribution in [0.25, 0.3) is 22.6 Å². The monoisotopic (exact) mass is 627 g/mol. The van der Waals surface area contributed by atoms with Gasteiger partial charge in [-0.1, -0.05) is 11.6 Å². The fourth-order valence-electron chi connectivity index (χ4n) is 4.50. The molecular formula is C28H29N13O5. The molecule has 236 valence electrons. The van der Waals surface area contributed by atoms with Crippen molar-refractivity contribution >= 4 is 46.4 Å². The minimum absolute atomic E-state index is 0.0201. The predicted molar refractivity (Wildman–Crippen MR) is 164 cm³/mol. The maximum Gasteiger partial charge on any atom is 0.326 e. The van der Waals surface area contributed by atoms with Crippen molar-refractivity contribution in [2.75, 3.05) is 23.3 Å². The molecule has 0 aliphatic heterocycles. The molecule has 0 radical (unpaired) electrons. The SMILES string of the molecule is Cc1ccc(C(=O)NCCC[C@H](NC(=O)c2ccc(NCc3cnc4nc(N)nc(N)c4n3)c(O)c2)C(=O)O)c(-c2nn[nH]n2)c1. The summed E-state index contributed by atoms with van der Waals surface area (Å²) in [7, 11) is 0. The number of aryl methyl sites for hydroxylation is 1.